The van der Waals surface area contributed by atoms with E-state index in [-0.39, 0.29) is 5.56 Å². The zero-order valence-corrected chi connectivity index (χ0v) is 17.0. The lowest BCUT2D eigenvalue weighted by Gasteiger charge is -2.27. The van der Waals surface area contributed by atoms with E-state index >= 15 is 0 Å². The van der Waals surface area contributed by atoms with Gasteiger partial charge in [0.1, 0.15) is 17.2 Å². The third kappa shape index (κ3) is 1.90. The van der Waals surface area contributed by atoms with Gasteiger partial charge in [-0.2, -0.15) is 5.10 Å². The molecule has 1 aliphatic rings. The number of nitrogens with zero attached hydrogens (tertiary/aromatic N) is 1. The topological polar surface area (TPSA) is 55.0 Å². The van der Waals surface area contributed by atoms with Crippen LogP contribution in [0.4, 0.5) is 0 Å². The van der Waals surface area contributed by atoms with Gasteiger partial charge in [-0.1, -0.05) is 6.07 Å². The van der Waals surface area contributed by atoms with Crippen molar-refractivity contribution in [3.8, 4) is 22.8 Å². The Hall–Kier alpha value is -3.14. The minimum absolute atomic E-state index is 0.193. The minimum atomic E-state index is -0.193. The fourth-order valence-corrected chi connectivity index (χ4v) is 4.69. The quantitative estimate of drug-likeness (QED) is 0.380. The van der Waals surface area contributed by atoms with Crippen molar-refractivity contribution in [3.63, 3.8) is 0 Å². The van der Waals surface area contributed by atoms with Gasteiger partial charge in [-0.3, -0.25) is 4.79 Å². The molecule has 4 heteroatoms. The van der Waals surface area contributed by atoms with Crippen LogP contribution in [0.1, 0.15) is 33.4 Å². The summed E-state index contributed by atoms with van der Waals surface area (Å²) >= 11 is 0. The second-order valence-electron chi connectivity index (χ2n) is 7.89. The molecular weight excluding hydrogens is 348 g/mol. The van der Waals surface area contributed by atoms with E-state index in [0.717, 1.165) is 33.3 Å². The number of aromatic nitrogens is 2. The highest BCUT2D eigenvalue weighted by atomic mass is 16.5. The normalized spacial score (nSPS) is 12.4. The molecule has 0 radical (unpaired) electrons. The lowest BCUT2D eigenvalue weighted by molar-refractivity contribution is 0.491. The Morgan fingerprint density at radius 3 is 2.14 bits per heavy atom. The van der Waals surface area contributed by atoms with Gasteiger partial charge in [0.25, 0.3) is 5.56 Å². The van der Waals surface area contributed by atoms with Crippen molar-refractivity contribution in [3.05, 3.63) is 61.9 Å². The number of fused-ring (bicyclic) bond motifs is 4. The highest BCUT2D eigenvalue weighted by Crippen LogP contribution is 2.52. The van der Waals surface area contributed by atoms with Crippen LogP contribution < -0.4 is 10.3 Å². The third-order valence-electron chi connectivity index (χ3n) is 6.68. The minimum Gasteiger partial charge on any atom is -0.455 e. The van der Waals surface area contributed by atoms with Crippen molar-refractivity contribution in [2.24, 2.45) is 0 Å². The maximum atomic E-state index is 12.3. The number of hydrogen-bond donors (Lipinski definition) is 1. The molecule has 0 bridgehead atoms. The van der Waals surface area contributed by atoms with Gasteiger partial charge in [-0.05, 0) is 92.4 Å². The van der Waals surface area contributed by atoms with Crippen LogP contribution in [0.2, 0.25) is 0 Å². The summed E-state index contributed by atoms with van der Waals surface area (Å²) < 4.78 is 6.49. The Morgan fingerprint density at radius 2 is 1.43 bits per heavy atom. The van der Waals surface area contributed by atoms with Crippen LogP contribution in [0.5, 0.6) is 11.5 Å². The molecule has 0 saturated carbocycles. The van der Waals surface area contributed by atoms with Gasteiger partial charge in [-0.15, -0.1) is 0 Å². The number of benzene rings is 3. The number of H-pyrrole nitrogens is 1. The Bertz CT molecular complexity index is 1410. The summed E-state index contributed by atoms with van der Waals surface area (Å²) in [7, 11) is 0. The van der Waals surface area contributed by atoms with E-state index in [9.17, 15) is 4.79 Å². The molecule has 4 nitrogen and oxygen atoms in total. The molecule has 0 amide bonds. The number of aromatic amines is 1. The molecule has 28 heavy (non-hydrogen) atoms. The van der Waals surface area contributed by atoms with Crippen molar-refractivity contribution in [1.29, 1.82) is 0 Å². The molecule has 0 fully saturated rings. The number of rotatable bonds is 0. The number of nitrogens with one attached hydrogen (secondary N) is 1. The second-order valence-corrected chi connectivity index (χ2v) is 7.89. The van der Waals surface area contributed by atoms with Crippen LogP contribution in [0.3, 0.4) is 0 Å². The van der Waals surface area contributed by atoms with Crippen LogP contribution in [-0.2, 0) is 0 Å². The summed E-state index contributed by atoms with van der Waals surface area (Å²) in [6.45, 7) is 13.0. The average Bonchev–Trinajstić information content (AvgIpc) is 2.69. The lowest BCUT2D eigenvalue weighted by Crippen LogP contribution is -2.13. The molecule has 0 aliphatic carbocycles. The van der Waals surface area contributed by atoms with E-state index in [2.05, 4.69) is 51.7 Å². The molecule has 5 rings (SSSR count). The molecule has 0 spiro atoms. The number of aryl methyl sites for hydroxylation is 3. The fourth-order valence-electron chi connectivity index (χ4n) is 4.69. The van der Waals surface area contributed by atoms with Gasteiger partial charge >= 0.3 is 0 Å². The maximum absolute atomic E-state index is 12.3. The van der Waals surface area contributed by atoms with Gasteiger partial charge < -0.3 is 4.74 Å². The molecule has 1 aromatic heterocycles. The molecule has 140 valence electrons. The van der Waals surface area contributed by atoms with Crippen molar-refractivity contribution < 1.29 is 4.74 Å². The summed E-state index contributed by atoms with van der Waals surface area (Å²) in [5.74, 6) is 1.54. The number of hydrogen-bond acceptors (Lipinski definition) is 3. The summed E-state index contributed by atoms with van der Waals surface area (Å²) in [5.41, 5.74) is 9.11. The molecule has 3 aromatic carbocycles. The van der Waals surface area contributed by atoms with Crippen molar-refractivity contribution in [2.45, 2.75) is 41.5 Å². The van der Waals surface area contributed by atoms with Crippen LogP contribution >= 0.6 is 0 Å². The third-order valence-corrected chi connectivity index (χ3v) is 6.68. The number of ether oxygens (including phenoxy) is 1. The molecule has 0 unspecified atom stereocenters. The van der Waals surface area contributed by atoms with Gasteiger partial charge in [0, 0.05) is 10.9 Å². The predicted molar refractivity (Wildman–Crippen MR) is 114 cm³/mol. The first-order valence-electron chi connectivity index (χ1n) is 9.55. The summed E-state index contributed by atoms with van der Waals surface area (Å²) in [6, 6.07) is 5.60. The summed E-state index contributed by atoms with van der Waals surface area (Å²) in [6.07, 6.45) is 0. The summed E-state index contributed by atoms with van der Waals surface area (Å²) in [5, 5.41) is 10.9. The Labute approximate surface area is 163 Å². The molecule has 4 aromatic rings. The van der Waals surface area contributed by atoms with Gasteiger partial charge in [0.2, 0.25) is 0 Å². The van der Waals surface area contributed by atoms with E-state index in [1.165, 1.54) is 33.2 Å². The van der Waals surface area contributed by atoms with Crippen molar-refractivity contribution >= 4 is 21.5 Å². The van der Waals surface area contributed by atoms with E-state index in [1.807, 2.05) is 18.2 Å². The molecule has 2 heterocycles. The van der Waals surface area contributed by atoms with Crippen molar-refractivity contribution in [2.75, 3.05) is 0 Å². The van der Waals surface area contributed by atoms with Crippen LogP contribution in [0, 0.1) is 41.5 Å². The smallest absolute Gasteiger partial charge is 0.272 e. The standard InChI is InChI=1S/C24H22N2O2/c1-10-11(2)13(4)19-18(12(10)3)14(5)15(6)20-22-21-16(24(27)26-25-22)8-7-9-17(21)28-23(19)20/h7-9H,1-6H3,(H,26,27). The first-order valence-corrected chi connectivity index (χ1v) is 9.55. The predicted octanol–water partition coefficient (Wildman–Crippen LogP) is 5.70. The van der Waals surface area contributed by atoms with Crippen molar-refractivity contribution in [1.82, 2.24) is 10.2 Å². The van der Waals surface area contributed by atoms with Crippen LogP contribution in [0.25, 0.3) is 32.8 Å². The molecule has 0 atom stereocenters. The molecule has 0 saturated heterocycles. The molecule has 1 N–H and O–H groups in total. The van der Waals surface area contributed by atoms with E-state index < -0.39 is 0 Å². The average molecular weight is 370 g/mol. The summed E-state index contributed by atoms with van der Waals surface area (Å²) in [4.78, 5) is 12.3. The zero-order valence-electron chi connectivity index (χ0n) is 17.0. The highest BCUT2D eigenvalue weighted by molar-refractivity contribution is 6.10. The molecular formula is C24H22N2O2. The lowest BCUT2D eigenvalue weighted by atomic mass is 9.83. The van der Waals surface area contributed by atoms with E-state index in [0.29, 0.717) is 11.1 Å². The van der Waals surface area contributed by atoms with E-state index in [1.54, 1.807) is 0 Å². The molecule has 1 aliphatic heterocycles. The first-order chi connectivity index (χ1) is 13.3. The second kappa shape index (κ2) is 5.44. The largest absolute Gasteiger partial charge is 0.455 e. The van der Waals surface area contributed by atoms with Crippen LogP contribution in [-0.4, -0.2) is 10.2 Å². The maximum Gasteiger partial charge on any atom is 0.272 e. The Morgan fingerprint density at radius 1 is 0.786 bits per heavy atom. The fraction of sp³-hybridized carbons (Fsp3) is 0.250. The SMILES string of the molecule is Cc1c(C)c(C)c2c3c(c(C)c(C)c2c1C)-c1n[nH]c(=O)c2cccc(c12)O3. The van der Waals surface area contributed by atoms with Crippen LogP contribution in [0.15, 0.2) is 23.0 Å². The Kier molecular flexibility index (Phi) is 3.30. The first kappa shape index (κ1) is 17.0. The highest BCUT2D eigenvalue weighted by Gasteiger charge is 2.29. The monoisotopic (exact) mass is 370 g/mol. The zero-order chi connectivity index (χ0) is 19.9. The van der Waals surface area contributed by atoms with Gasteiger partial charge in [-0.25, -0.2) is 5.10 Å². The Balaban J connectivity index is 2.08. The van der Waals surface area contributed by atoms with E-state index in [4.69, 9.17) is 4.74 Å². The van der Waals surface area contributed by atoms with Gasteiger partial charge in [0.05, 0.1) is 10.8 Å². The van der Waals surface area contributed by atoms with Gasteiger partial charge in [0.15, 0.2) is 0 Å².